The second kappa shape index (κ2) is 6.70. The Hall–Kier alpha value is -2.44. The Bertz CT molecular complexity index is 909. The number of aromatic nitrogens is 7. The molecule has 0 aliphatic heterocycles. The predicted octanol–water partition coefficient (Wildman–Crippen LogP) is 3.28. The SMILES string of the molecule is Cc1nn(C)c(C)c1-c1cc(-c2ncnn2CC2CCCCC2)n(C)n1. The van der Waals surface area contributed by atoms with Gasteiger partial charge < -0.3 is 0 Å². The van der Waals surface area contributed by atoms with Gasteiger partial charge in [-0.1, -0.05) is 19.3 Å². The van der Waals surface area contributed by atoms with Crippen LogP contribution in [0.5, 0.6) is 0 Å². The normalized spacial score (nSPS) is 15.7. The number of aryl methyl sites for hydroxylation is 3. The fourth-order valence-electron chi connectivity index (χ4n) is 4.15. The van der Waals surface area contributed by atoms with Crippen LogP contribution in [0.2, 0.25) is 0 Å². The third-order valence-corrected chi connectivity index (χ3v) is 5.65. The number of hydrogen-bond donors (Lipinski definition) is 0. The van der Waals surface area contributed by atoms with E-state index in [4.69, 9.17) is 5.10 Å². The van der Waals surface area contributed by atoms with Crippen LogP contribution in [0.1, 0.15) is 43.5 Å². The second-order valence-electron chi connectivity index (χ2n) is 7.48. The number of hydrogen-bond acceptors (Lipinski definition) is 4. The molecule has 1 aliphatic rings. The highest BCUT2D eigenvalue weighted by atomic mass is 15.4. The lowest BCUT2D eigenvalue weighted by atomic mass is 9.89. The van der Waals surface area contributed by atoms with Crippen LogP contribution < -0.4 is 0 Å². The third-order valence-electron chi connectivity index (χ3n) is 5.65. The van der Waals surface area contributed by atoms with Crippen LogP contribution in [0, 0.1) is 19.8 Å². The zero-order valence-corrected chi connectivity index (χ0v) is 16.1. The summed E-state index contributed by atoms with van der Waals surface area (Å²) in [7, 11) is 3.94. The van der Waals surface area contributed by atoms with Crippen LogP contribution in [-0.4, -0.2) is 34.3 Å². The minimum absolute atomic E-state index is 0.708. The molecular weight excluding hydrogens is 326 g/mol. The van der Waals surface area contributed by atoms with Crippen molar-refractivity contribution in [1.82, 2.24) is 34.3 Å². The summed E-state index contributed by atoms with van der Waals surface area (Å²) in [6.45, 7) is 5.05. The highest BCUT2D eigenvalue weighted by molar-refractivity contribution is 5.69. The molecule has 0 saturated heterocycles. The molecule has 7 nitrogen and oxygen atoms in total. The molecule has 3 heterocycles. The molecule has 0 spiro atoms. The van der Waals surface area contributed by atoms with Crippen molar-refractivity contribution in [3.63, 3.8) is 0 Å². The Balaban J connectivity index is 1.67. The molecule has 0 aromatic carbocycles. The van der Waals surface area contributed by atoms with Gasteiger partial charge in [-0.05, 0) is 38.7 Å². The summed E-state index contributed by atoms with van der Waals surface area (Å²) >= 11 is 0. The first-order chi connectivity index (χ1) is 12.5. The molecule has 0 unspecified atom stereocenters. The van der Waals surface area contributed by atoms with Crippen molar-refractivity contribution in [1.29, 1.82) is 0 Å². The molecule has 0 amide bonds. The molecule has 0 radical (unpaired) electrons. The van der Waals surface area contributed by atoms with E-state index in [-0.39, 0.29) is 0 Å². The van der Waals surface area contributed by atoms with Gasteiger partial charge in [-0.15, -0.1) is 0 Å². The molecule has 7 heteroatoms. The van der Waals surface area contributed by atoms with Crippen molar-refractivity contribution >= 4 is 0 Å². The topological polar surface area (TPSA) is 66.3 Å². The fourth-order valence-corrected chi connectivity index (χ4v) is 4.15. The number of nitrogens with zero attached hydrogens (tertiary/aromatic N) is 7. The molecule has 1 aliphatic carbocycles. The summed E-state index contributed by atoms with van der Waals surface area (Å²) in [6, 6.07) is 2.11. The van der Waals surface area contributed by atoms with Crippen LogP contribution in [0.4, 0.5) is 0 Å². The van der Waals surface area contributed by atoms with Gasteiger partial charge in [0.2, 0.25) is 0 Å². The molecule has 3 aromatic rings. The van der Waals surface area contributed by atoms with Crippen molar-refractivity contribution in [2.75, 3.05) is 0 Å². The summed E-state index contributed by atoms with van der Waals surface area (Å²) < 4.78 is 5.87. The van der Waals surface area contributed by atoms with Crippen molar-refractivity contribution in [2.45, 2.75) is 52.5 Å². The third kappa shape index (κ3) is 2.95. The van der Waals surface area contributed by atoms with Crippen molar-refractivity contribution in [2.24, 2.45) is 20.0 Å². The van der Waals surface area contributed by atoms with E-state index in [1.165, 1.54) is 32.1 Å². The quantitative estimate of drug-likeness (QED) is 0.722. The average molecular weight is 353 g/mol. The molecule has 0 atom stereocenters. The van der Waals surface area contributed by atoms with Crippen molar-refractivity contribution < 1.29 is 0 Å². The fraction of sp³-hybridized carbons (Fsp3) is 0.579. The first-order valence-corrected chi connectivity index (χ1v) is 9.47. The monoisotopic (exact) mass is 353 g/mol. The molecule has 1 saturated carbocycles. The molecule has 4 rings (SSSR count). The predicted molar refractivity (Wildman–Crippen MR) is 100 cm³/mol. The molecule has 0 bridgehead atoms. The largest absolute Gasteiger partial charge is 0.272 e. The first kappa shape index (κ1) is 17.0. The van der Waals surface area contributed by atoms with Crippen LogP contribution in [-0.2, 0) is 20.6 Å². The lowest BCUT2D eigenvalue weighted by molar-refractivity contribution is 0.309. The van der Waals surface area contributed by atoms with E-state index in [0.717, 1.165) is 40.7 Å². The van der Waals surface area contributed by atoms with Gasteiger partial charge in [0, 0.05) is 31.9 Å². The molecule has 26 heavy (non-hydrogen) atoms. The van der Waals surface area contributed by atoms with Gasteiger partial charge in [0.15, 0.2) is 5.82 Å². The molecule has 1 fully saturated rings. The van der Waals surface area contributed by atoms with Crippen molar-refractivity contribution in [3.05, 3.63) is 23.8 Å². The summed E-state index contributed by atoms with van der Waals surface area (Å²) in [4.78, 5) is 4.54. The zero-order chi connectivity index (χ0) is 18.3. The van der Waals surface area contributed by atoms with Crippen molar-refractivity contribution in [3.8, 4) is 22.8 Å². The van der Waals surface area contributed by atoms with E-state index in [2.05, 4.69) is 32.9 Å². The minimum atomic E-state index is 0.708. The van der Waals surface area contributed by atoms with E-state index in [1.807, 2.05) is 30.4 Å². The summed E-state index contributed by atoms with van der Waals surface area (Å²) in [5.41, 5.74) is 5.16. The van der Waals surface area contributed by atoms with E-state index < -0.39 is 0 Å². The van der Waals surface area contributed by atoms with Crippen LogP contribution in [0.15, 0.2) is 12.4 Å². The summed E-state index contributed by atoms with van der Waals surface area (Å²) in [5, 5.41) is 13.8. The van der Waals surface area contributed by atoms with Gasteiger partial charge >= 0.3 is 0 Å². The molecule has 138 valence electrons. The standard InChI is InChI=1S/C19H27N7/c1-13-18(14(2)24(3)22-13)16-10-17(25(4)23-16)19-20-12-21-26(19)11-15-8-6-5-7-9-15/h10,12,15H,5-9,11H2,1-4H3. The number of rotatable bonds is 4. The highest BCUT2D eigenvalue weighted by Gasteiger charge is 2.21. The maximum atomic E-state index is 4.74. The van der Waals surface area contributed by atoms with E-state index in [9.17, 15) is 0 Å². The zero-order valence-electron chi connectivity index (χ0n) is 16.1. The summed E-state index contributed by atoms with van der Waals surface area (Å²) in [6.07, 6.45) is 8.29. The lowest BCUT2D eigenvalue weighted by Gasteiger charge is -2.21. The Morgan fingerprint density at radius 3 is 2.50 bits per heavy atom. The lowest BCUT2D eigenvalue weighted by Crippen LogP contribution is -2.16. The Labute approximate surface area is 154 Å². The van der Waals surface area contributed by atoms with Gasteiger partial charge in [-0.25, -0.2) is 9.67 Å². The van der Waals surface area contributed by atoms with Gasteiger partial charge in [0.1, 0.15) is 12.0 Å². The second-order valence-corrected chi connectivity index (χ2v) is 7.48. The van der Waals surface area contributed by atoms with Crippen LogP contribution >= 0.6 is 0 Å². The van der Waals surface area contributed by atoms with E-state index in [1.54, 1.807) is 6.33 Å². The first-order valence-electron chi connectivity index (χ1n) is 9.47. The van der Waals surface area contributed by atoms with Gasteiger partial charge in [0.05, 0.1) is 11.4 Å². The minimum Gasteiger partial charge on any atom is -0.272 e. The van der Waals surface area contributed by atoms with Gasteiger partial charge in [0.25, 0.3) is 0 Å². The van der Waals surface area contributed by atoms with E-state index >= 15 is 0 Å². The Kier molecular flexibility index (Phi) is 4.38. The smallest absolute Gasteiger partial charge is 0.176 e. The molecular formula is C19H27N7. The Morgan fingerprint density at radius 2 is 1.81 bits per heavy atom. The molecule has 3 aromatic heterocycles. The Morgan fingerprint density at radius 1 is 1.04 bits per heavy atom. The van der Waals surface area contributed by atoms with Gasteiger partial charge in [-0.2, -0.15) is 15.3 Å². The van der Waals surface area contributed by atoms with Crippen LogP contribution in [0.25, 0.3) is 22.8 Å². The van der Waals surface area contributed by atoms with E-state index in [0.29, 0.717) is 5.92 Å². The maximum absolute atomic E-state index is 4.74. The van der Waals surface area contributed by atoms with Gasteiger partial charge in [-0.3, -0.25) is 9.36 Å². The maximum Gasteiger partial charge on any atom is 0.176 e. The summed E-state index contributed by atoms with van der Waals surface area (Å²) in [5.74, 6) is 1.61. The average Bonchev–Trinajstić information content (AvgIpc) is 3.28. The molecule has 0 N–H and O–H groups in total. The van der Waals surface area contributed by atoms with Crippen LogP contribution in [0.3, 0.4) is 0 Å². The highest BCUT2D eigenvalue weighted by Crippen LogP contribution is 2.30.